The van der Waals surface area contributed by atoms with Crippen molar-refractivity contribution in [2.75, 3.05) is 6.54 Å². The molecule has 1 heterocycles. The van der Waals surface area contributed by atoms with Crippen molar-refractivity contribution in [3.63, 3.8) is 0 Å². The first-order chi connectivity index (χ1) is 10.5. The normalized spacial score (nSPS) is 28.1. The number of piperidine rings is 1. The first-order valence-electron chi connectivity index (χ1n) is 8.32. The van der Waals surface area contributed by atoms with E-state index in [1.165, 1.54) is 22.3 Å². The number of hydrogen-bond donors (Lipinski definition) is 1. The average molecular weight is 293 g/mol. The zero-order chi connectivity index (χ0) is 15.7. The highest BCUT2D eigenvalue weighted by atomic mass is 14.9. The smallest absolute Gasteiger partial charge is 0.0312 e. The predicted molar refractivity (Wildman–Crippen MR) is 94.9 cm³/mol. The molecule has 1 fully saturated rings. The van der Waals surface area contributed by atoms with Gasteiger partial charge in [0.15, 0.2) is 0 Å². The molecule has 116 valence electrons. The van der Waals surface area contributed by atoms with Gasteiger partial charge in [0.2, 0.25) is 0 Å². The highest BCUT2D eigenvalue weighted by Gasteiger charge is 2.38. The Bertz CT molecular complexity index is 635. The third kappa shape index (κ3) is 2.83. The number of benzene rings is 1. The molecule has 1 aliphatic carbocycles. The summed E-state index contributed by atoms with van der Waals surface area (Å²) < 4.78 is 0. The van der Waals surface area contributed by atoms with Gasteiger partial charge in [-0.2, -0.15) is 0 Å². The minimum Gasteiger partial charge on any atom is -0.309 e. The predicted octanol–water partition coefficient (Wildman–Crippen LogP) is 4.82. The van der Waals surface area contributed by atoms with Crippen LogP contribution in [0.2, 0.25) is 0 Å². The summed E-state index contributed by atoms with van der Waals surface area (Å²) in [6.07, 6.45) is 5.79. The minimum absolute atomic E-state index is 0.288. The Kier molecular flexibility index (Phi) is 4.10. The van der Waals surface area contributed by atoms with Gasteiger partial charge in [0.1, 0.15) is 0 Å². The Morgan fingerprint density at radius 1 is 1.32 bits per heavy atom. The lowest BCUT2D eigenvalue weighted by molar-refractivity contribution is 0.291. The number of rotatable bonds is 3. The molecular formula is C21H27N. The summed E-state index contributed by atoms with van der Waals surface area (Å²) in [6, 6.07) is 11.2. The summed E-state index contributed by atoms with van der Waals surface area (Å²) in [5.41, 5.74) is 7.62. The van der Waals surface area contributed by atoms with Crippen LogP contribution in [0.5, 0.6) is 0 Å². The van der Waals surface area contributed by atoms with E-state index >= 15 is 0 Å². The molecule has 0 bridgehead atoms. The third-order valence-electron chi connectivity index (χ3n) is 5.44. The van der Waals surface area contributed by atoms with Crippen molar-refractivity contribution in [3.8, 4) is 0 Å². The largest absolute Gasteiger partial charge is 0.309 e. The van der Waals surface area contributed by atoms with E-state index < -0.39 is 0 Å². The van der Waals surface area contributed by atoms with Gasteiger partial charge in [0, 0.05) is 18.0 Å². The van der Waals surface area contributed by atoms with Crippen LogP contribution in [0, 0.1) is 5.41 Å². The Balaban J connectivity index is 1.88. The SMILES string of the molecule is C=C(C)C1CC2=C(C)C(Cc3ccccc3)=CCC2(C)CN1. The van der Waals surface area contributed by atoms with Crippen molar-refractivity contribution < 1.29 is 0 Å². The molecule has 1 N–H and O–H groups in total. The van der Waals surface area contributed by atoms with E-state index in [4.69, 9.17) is 0 Å². The number of allylic oxidation sites excluding steroid dienone is 3. The van der Waals surface area contributed by atoms with E-state index in [0.717, 1.165) is 25.8 Å². The van der Waals surface area contributed by atoms with Crippen LogP contribution in [0.4, 0.5) is 0 Å². The molecule has 1 aromatic rings. The van der Waals surface area contributed by atoms with E-state index in [2.05, 4.69) is 69.1 Å². The summed E-state index contributed by atoms with van der Waals surface area (Å²) in [5, 5.41) is 3.68. The van der Waals surface area contributed by atoms with Gasteiger partial charge in [0.25, 0.3) is 0 Å². The van der Waals surface area contributed by atoms with Gasteiger partial charge in [-0.05, 0) is 49.8 Å². The van der Waals surface area contributed by atoms with Crippen LogP contribution in [-0.4, -0.2) is 12.6 Å². The summed E-state index contributed by atoms with van der Waals surface area (Å²) in [6.45, 7) is 12.1. The molecule has 1 aliphatic heterocycles. The fourth-order valence-electron chi connectivity index (χ4n) is 3.84. The van der Waals surface area contributed by atoms with Crippen molar-refractivity contribution in [1.82, 2.24) is 5.32 Å². The Labute approximate surface area is 134 Å². The Hall–Kier alpha value is -1.60. The quantitative estimate of drug-likeness (QED) is 0.788. The third-order valence-corrected chi connectivity index (χ3v) is 5.44. The van der Waals surface area contributed by atoms with Crippen molar-refractivity contribution in [2.24, 2.45) is 5.41 Å². The van der Waals surface area contributed by atoms with Crippen LogP contribution in [0.15, 0.2) is 65.3 Å². The molecule has 22 heavy (non-hydrogen) atoms. The maximum Gasteiger partial charge on any atom is 0.0312 e. The van der Waals surface area contributed by atoms with E-state index in [9.17, 15) is 0 Å². The monoisotopic (exact) mass is 293 g/mol. The van der Waals surface area contributed by atoms with Gasteiger partial charge < -0.3 is 5.32 Å². The second kappa shape index (κ2) is 5.89. The van der Waals surface area contributed by atoms with E-state index in [1.807, 2.05) is 0 Å². The molecule has 2 atom stereocenters. The van der Waals surface area contributed by atoms with Gasteiger partial charge in [0.05, 0.1) is 0 Å². The number of fused-ring (bicyclic) bond motifs is 1. The highest BCUT2D eigenvalue weighted by Crippen LogP contribution is 2.45. The summed E-state index contributed by atoms with van der Waals surface area (Å²) in [7, 11) is 0. The first-order valence-corrected chi connectivity index (χ1v) is 8.32. The van der Waals surface area contributed by atoms with Gasteiger partial charge in [-0.1, -0.05) is 61.1 Å². The van der Waals surface area contributed by atoms with Crippen LogP contribution in [0.1, 0.15) is 39.2 Å². The van der Waals surface area contributed by atoms with Crippen molar-refractivity contribution in [3.05, 3.63) is 70.8 Å². The Morgan fingerprint density at radius 2 is 2.05 bits per heavy atom. The second-order valence-electron chi connectivity index (χ2n) is 7.24. The maximum atomic E-state index is 4.15. The van der Waals surface area contributed by atoms with E-state index in [-0.39, 0.29) is 5.41 Å². The minimum atomic E-state index is 0.288. The molecule has 0 aromatic heterocycles. The van der Waals surface area contributed by atoms with Gasteiger partial charge in [-0.3, -0.25) is 0 Å². The van der Waals surface area contributed by atoms with Gasteiger partial charge in [-0.25, -0.2) is 0 Å². The summed E-state index contributed by atoms with van der Waals surface area (Å²) >= 11 is 0. The lowest BCUT2D eigenvalue weighted by Crippen LogP contribution is -2.47. The van der Waals surface area contributed by atoms with E-state index in [0.29, 0.717) is 6.04 Å². The fraction of sp³-hybridized carbons (Fsp3) is 0.429. The lowest BCUT2D eigenvalue weighted by atomic mass is 9.67. The van der Waals surface area contributed by atoms with Crippen molar-refractivity contribution in [1.29, 1.82) is 0 Å². The molecule has 1 saturated heterocycles. The molecule has 0 spiro atoms. The van der Waals surface area contributed by atoms with Crippen LogP contribution in [-0.2, 0) is 6.42 Å². The maximum absolute atomic E-state index is 4.15. The summed E-state index contributed by atoms with van der Waals surface area (Å²) in [5.74, 6) is 0. The standard InChI is InChI=1S/C21H27N/c1-15(2)20-13-19-16(3)18(10-11-21(19,4)14-22-20)12-17-8-6-5-7-9-17/h5-10,20,22H,1,11-14H2,2-4H3. The number of nitrogens with one attached hydrogen (secondary N) is 1. The van der Waals surface area contributed by atoms with Crippen LogP contribution in [0.25, 0.3) is 0 Å². The van der Waals surface area contributed by atoms with E-state index in [1.54, 1.807) is 5.57 Å². The average Bonchev–Trinajstić information content (AvgIpc) is 2.51. The Morgan fingerprint density at radius 3 is 2.73 bits per heavy atom. The zero-order valence-electron chi connectivity index (χ0n) is 14.1. The molecule has 0 saturated carbocycles. The first kappa shape index (κ1) is 15.3. The molecule has 2 unspecified atom stereocenters. The fourth-order valence-corrected chi connectivity index (χ4v) is 3.84. The molecule has 3 rings (SSSR count). The van der Waals surface area contributed by atoms with Gasteiger partial charge in [-0.15, -0.1) is 0 Å². The molecule has 1 heteroatoms. The zero-order valence-corrected chi connectivity index (χ0v) is 14.1. The summed E-state index contributed by atoms with van der Waals surface area (Å²) in [4.78, 5) is 0. The lowest BCUT2D eigenvalue weighted by Gasteiger charge is -2.44. The molecular weight excluding hydrogens is 266 g/mol. The number of hydrogen-bond acceptors (Lipinski definition) is 1. The van der Waals surface area contributed by atoms with Crippen LogP contribution in [0.3, 0.4) is 0 Å². The van der Waals surface area contributed by atoms with Crippen molar-refractivity contribution in [2.45, 2.75) is 46.1 Å². The van der Waals surface area contributed by atoms with Crippen LogP contribution >= 0.6 is 0 Å². The van der Waals surface area contributed by atoms with Crippen molar-refractivity contribution >= 4 is 0 Å². The molecule has 0 radical (unpaired) electrons. The second-order valence-corrected chi connectivity index (χ2v) is 7.24. The highest BCUT2D eigenvalue weighted by molar-refractivity contribution is 5.45. The topological polar surface area (TPSA) is 12.0 Å². The molecule has 0 amide bonds. The van der Waals surface area contributed by atoms with Crippen LogP contribution < -0.4 is 5.32 Å². The van der Waals surface area contributed by atoms with Gasteiger partial charge >= 0.3 is 0 Å². The molecule has 1 aromatic carbocycles. The molecule has 2 aliphatic rings. The molecule has 1 nitrogen and oxygen atoms in total.